The molecule has 0 bridgehead atoms. The molecular formula is C22H32N6O4. The summed E-state index contributed by atoms with van der Waals surface area (Å²) >= 11 is 0. The van der Waals surface area contributed by atoms with Gasteiger partial charge in [-0.25, -0.2) is 9.78 Å². The number of amides is 2. The Kier molecular flexibility index (Phi) is 6.48. The lowest BCUT2D eigenvalue weighted by Crippen LogP contribution is -2.49. The van der Waals surface area contributed by atoms with Crippen LogP contribution in [-0.4, -0.2) is 54.0 Å². The zero-order chi connectivity index (χ0) is 22.8. The number of nitrogens with one attached hydrogen (secondary N) is 1. The van der Waals surface area contributed by atoms with Gasteiger partial charge in [0.25, 0.3) is 5.56 Å². The Labute approximate surface area is 186 Å². The fourth-order valence-electron chi connectivity index (χ4n) is 5.07. The van der Waals surface area contributed by atoms with Crippen molar-refractivity contribution in [2.45, 2.75) is 76.4 Å². The van der Waals surface area contributed by atoms with Gasteiger partial charge in [-0.05, 0) is 25.7 Å². The number of fused-ring (bicyclic) bond motifs is 1. The first-order valence-corrected chi connectivity index (χ1v) is 11.6. The molecule has 0 aromatic carbocycles. The highest BCUT2D eigenvalue weighted by molar-refractivity contribution is 5.86. The topological polar surface area (TPSA) is 111 Å². The van der Waals surface area contributed by atoms with E-state index in [0.29, 0.717) is 0 Å². The van der Waals surface area contributed by atoms with Crippen molar-refractivity contribution in [2.24, 2.45) is 14.1 Å². The van der Waals surface area contributed by atoms with Gasteiger partial charge in [-0.15, -0.1) is 0 Å². The minimum Gasteiger partial charge on any atom is -0.352 e. The van der Waals surface area contributed by atoms with Crippen LogP contribution in [0.25, 0.3) is 11.2 Å². The maximum atomic E-state index is 13.3. The molecule has 0 unspecified atom stereocenters. The third-order valence-electron chi connectivity index (χ3n) is 6.89. The van der Waals surface area contributed by atoms with Crippen LogP contribution in [0.3, 0.4) is 0 Å². The second kappa shape index (κ2) is 9.30. The molecule has 0 atom stereocenters. The Balaban J connectivity index is 1.55. The molecule has 2 aromatic rings. The molecule has 0 aliphatic heterocycles. The molecule has 10 heteroatoms. The highest BCUT2D eigenvalue weighted by atomic mass is 16.2. The van der Waals surface area contributed by atoms with E-state index in [4.69, 9.17) is 0 Å². The summed E-state index contributed by atoms with van der Waals surface area (Å²) in [6.45, 7) is -0.0692. The summed E-state index contributed by atoms with van der Waals surface area (Å²) in [5.74, 6) is -0.336. The summed E-state index contributed by atoms with van der Waals surface area (Å²) in [5.41, 5.74) is -0.503. The Hall–Kier alpha value is -2.91. The van der Waals surface area contributed by atoms with Gasteiger partial charge < -0.3 is 14.8 Å². The van der Waals surface area contributed by atoms with E-state index in [-0.39, 0.29) is 48.2 Å². The molecule has 2 saturated carbocycles. The van der Waals surface area contributed by atoms with Crippen LogP contribution in [0, 0.1) is 0 Å². The predicted molar refractivity (Wildman–Crippen MR) is 119 cm³/mol. The zero-order valence-corrected chi connectivity index (χ0v) is 18.9. The number of aryl methyl sites for hydroxylation is 1. The van der Waals surface area contributed by atoms with Gasteiger partial charge in [-0.3, -0.25) is 23.5 Å². The lowest BCUT2D eigenvalue weighted by molar-refractivity contribution is -0.139. The third-order valence-corrected chi connectivity index (χ3v) is 6.89. The lowest BCUT2D eigenvalue weighted by Gasteiger charge is -2.30. The van der Waals surface area contributed by atoms with E-state index < -0.39 is 11.2 Å². The number of hydrogen-bond acceptors (Lipinski definition) is 5. The predicted octanol–water partition coefficient (Wildman–Crippen LogP) is 0.654. The molecule has 1 N–H and O–H groups in total. The maximum absolute atomic E-state index is 13.3. The van der Waals surface area contributed by atoms with E-state index in [2.05, 4.69) is 10.3 Å². The van der Waals surface area contributed by atoms with Gasteiger partial charge >= 0.3 is 5.69 Å². The van der Waals surface area contributed by atoms with Crippen molar-refractivity contribution >= 4 is 23.0 Å². The maximum Gasteiger partial charge on any atom is 0.332 e. The molecule has 0 radical (unpaired) electrons. The second-order valence-electron chi connectivity index (χ2n) is 9.11. The number of nitrogens with zero attached hydrogens (tertiary/aromatic N) is 5. The van der Waals surface area contributed by atoms with E-state index >= 15 is 0 Å². The second-order valence-corrected chi connectivity index (χ2v) is 9.11. The van der Waals surface area contributed by atoms with Crippen LogP contribution in [0.2, 0.25) is 0 Å². The van der Waals surface area contributed by atoms with Crippen molar-refractivity contribution in [3.8, 4) is 0 Å². The molecule has 0 spiro atoms. The summed E-state index contributed by atoms with van der Waals surface area (Å²) in [6.07, 6.45) is 10.7. The fourth-order valence-corrected chi connectivity index (χ4v) is 5.07. The summed E-state index contributed by atoms with van der Waals surface area (Å²) in [5, 5.41) is 3.10. The summed E-state index contributed by atoms with van der Waals surface area (Å²) in [6, 6.07) is 0.222. The Morgan fingerprint density at radius 2 is 1.69 bits per heavy atom. The highest BCUT2D eigenvalue weighted by Gasteiger charge is 2.30. The number of imidazole rings is 1. The molecule has 2 amide bonds. The van der Waals surface area contributed by atoms with Gasteiger partial charge in [0.05, 0.1) is 12.9 Å². The summed E-state index contributed by atoms with van der Waals surface area (Å²) in [7, 11) is 2.95. The number of aromatic nitrogens is 4. The Morgan fingerprint density at radius 1 is 1.03 bits per heavy atom. The third kappa shape index (κ3) is 4.35. The van der Waals surface area contributed by atoms with Crippen molar-refractivity contribution in [3.63, 3.8) is 0 Å². The van der Waals surface area contributed by atoms with Crippen LogP contribution < -0.4 is 16.6 Å². The van der Waals surface area contributed by atoms with Gasteiger partial charge in [0.1, 0.15) is 6.54 Å². The molecule has 2 aliphatic carbocycles. The molecular weight excluding hydrogens is 412 g/mol. The normalized spacial score (nSPS) is 17.7. The van der Waals surface area contributed by atoms with Crippen LogP contribution in [0.5, 0.6) is 0 Å². The summed E-state index contributed by atoms with van der Waals surface area (Å²) < 4.78 is 3.79. The van der Waals surface area contributed by atoms with Gasteiger partial charge in [0.15, 0.2) is 11.2 Å². The van der Waals surface area contributed by atoms with E-state index in [1.165, 1.54) is 28.9 Å². The number of carbonyl (C=O) groups excluding carboxylic acids is 2. The first-order chi connectivity index (χ1) is 15.4. The van der Waals surface area contributed by atoms with Crippen molar-refractivity contribution in [3.05, 3.63) is 27.2 Å². The van der Waals surface area contributed by atoms with Gasteiger partial charge in [-0.2, -0.15) is 0 Å². The first-order valence-electron chi connectivity index (χ1n) is 11.6. The van der Waals surface area contributed by atoms with Gasteiger partial charge in [-0.1, -0.05) is 32.1 Å². The molecule has 4 rings (SSSR count). The molecule has 2 aliphatic rings. The average Bonchev–Trinajstić information content (AvgIpc) is 3.46. The first kappa shape index (κ1) is 22.3. The largest absolute Gasteiger partial charge is 0.352 e. The van der Waals surface area contributed by atoms with Crippen LogP contribution in [0.15, 0.2) is 15.9 Å². The van der Waals surface area contributed by atoms with Crippen LogP contribution in [0.4, 0.5) is 0 Å². The van der Waals surface area contributed by atoms with Crippen molar-refractivity contribution in [1.82, 2.24) is 28.9 Å². The smallest absolute Gasteiger partial charge is 0.332 e. The van der Waals surface area contributed by atoms with Crippen LogP contribution in [0.1, 0.15) is 57.8 Å². The molecule has 10 nitrogen and oxygen atoms in total. The minimum atomic E-state index is -0.490. The van der Waals surface area contributed by atoms with Gasteiger partial charge in [0, 0.05) is 26.2 Å². The van der Waals surface area contributed by atoms with E-state index in [1.807, 2.05) is 0 Å². The van der Waals surface area contributed by atoms with E-state index in [0.717, 1.165) is 55.9 Å². The standard InChI is InChI=1S/C22H32N6O4/c1-25-20-19(21(31)26(2)22(25)32)27(14-23-20)13-18(30)28(16-10-6-7-11-16)12-17(29)24-15-8-4-3-5-9-15/h14-16H,3-13H2,1-2H3,(H,24,29). The molecule has 2 heterocycles. The highest BCUT2D eigenvalue weighted by Crippen LogP contribution is 2.24. The number of rotatable bonds is 6. The SMILES string of the molecule is Cn1c(=O)c2c(ncn2CC(=O)N(CC(=O)NC2CCCCC2)C2CCCC2)n(C)c1=O. The van der Waals surface area contributed by atoms with Gasteiger partial charge in [0.2, 0.25) is 11.8 Å². The van der Waals surface area contributed by atoms with Crippen LogP contribution >= 0.6 is 0 Å². The molecule has 0 saturated heterocycles. The Bertz CT molecular complexity index is 1120. The number of hydrogen-bond donors (Lipinski definition) is 1. The Morgan fingerprint density at radius 3 is 2.38 bits per heavy atom. The van der Waals surface area contributed by atoms with E-state index in [9.17, 15) is 19.2 Å². The fraction of sp³-hybridized carbons (Fsp3) is 0.682. The number of carbonyl (C=O) groups is 2. The van der Waals surface area contributed by atoms with Crippen molar-refractivity contribution in [2.75, 3.05) is 6.54 Å². The zero-order valence-electron chi connectivity index (χ0n) is 18.9. The van der Waals surface area contributed by atoms with E-state index in [1.54, 1.807) is 11.9 Å². The quantitative estimate of drug-likeness (QED) is 0.703. The molecule has 174 valence electrons. The summed E-state index contributed by atoms with van der Waals surface area (Å²) in [4.78, 5) is 56.8. The monoisotopic (exact) mass is 444 g/mol. The van der Waals surface area contributed by atoms with Crippen molar-refractivity contribution < 1.29 is 9.59 Å². The molecule has 2 aromatic heterocycles. The van der Waals surface area contributed by atoms with Crippen LogP contribution in [-0.2, 0) is 30.2 Å². The molecule has 32 heavy (non-hydrogen) atoms. The molecule has 2 fully saturated rings. The minimum absolute atomic E-state index is 0.0292. The average molecular weight is 445 g/mol. The lowest BCUT2D eigenvalue weighted by atomic mass is 9.95. The van der Waals surface area contributed by atoms with Crippen molar-refractivity contribution in [1.29, 1.82) is 0 Å².